The van der Waals surface area contributed by atoms with Crippen LogP contribution in [-0.2, 0) is 44.8 Å². The molecule has 2 aromatic heterocycles. The summed E-state index contributed by atoms with van der Waals surface area (Å²) in [4.78, 5) is 83.6. The summed E-state index contributed by atoms with van der Waals surface area (Å²) in [5.74, 6) is -1.42. The van der Waals surface area contributed by atoms with E-state index < -0.39 is 58.1 Å². The van der Waals surface area contributed by atoms with E-state index in [1.54, 1.807) is 85.3 Å². The number of aromatic nitrogens is 2. The zero-order valence-electron chi connectivity index (χ0n) is 33.6. The molecule has 0 saturated carbocycles. The first-order chi connectivity index (χ1) is 27.2. The summed E-state index contributed by atoms with van der Waals surface area (Å²) in [7, 11) is 1.56. The number of fused-ring (bicyclic) bond motifs is 1. The van der Waals surface area contributed by atoms with Crippen LogP contribution in [0, 0.1) is 0 Å². The number of hydrogen-bond donors (Lipinski definition) is 2. The molecule has 3 aromatic rings. The van der Waals surface area contributed by atoms with Gasteiger partial charge in [-0.15, -0.1) is 34.9 Å². The first-order valence-electron chi connectivity index (χ1n) is 18.0. The van der Waals surface area contributed by atoms with Crippen molar-refractivity contribution in [2.24, 2.45) is 5.16 Å². The molecule has 1 aromatic carbocycles. The molecule has 2 atom stereocenters. The van der Waals surface area contributed by atoms with E-state index >= 15 is 0 Å². The summed E-state index contributed by atoms with van der Waals surface area (Å²) in [6.07, 6.45) is 2.58. The third-order valence-electron chi connectivity index (χ3n) is 7.94. The first-order valence-corrected chi connectivity index (χ1v) is 20.9. The van der Waals surface area contributed by atoms with Gasteiger partial charge in [-0.1, -0.05) is 17.3 Å². The fraction of sp³-hybridized carbons (Fsp3) is 0.436. The van der Waals surface area contributed by atoms with Gasteiger partial charge in [0.2, 0.25) is 5.60 Å². The molecule has 2 aliphatic heterocycles. The lowest BCUT2D eigenvalue weighted by molar-refractivity contribution is -0.179. The van der Waals surface area contributed by atoms with Gasteiger partial charge in [0, 0.05) is 34.2 Å². The summed E-state index contributed by atoms with van der Waals surface area (Å²) in [6.45, 7) is 13.0. The molecule has 0 bridgehead atoms. The van der Waals surface area contributed by atoms with Crippen LogP contribution in [0.15, 0.2) is 75.5 Å². The van der Waals surface area contributed by atoms with Gasteiger partial charge in [0.25, 0.3) is 11.8 Å². The Kier molecular flexibility index (Phi) is 13.8. The molecule has 0 radical (unpaired) electrons. The number of rotatable bonds is 14. The largest absolute Gasteiger partial charge is 0.497 e. The number of oxime groups is 1. The molecule has 19 heteroatoms. The van der Waals surface area contributed by atoms with Gasteiger partial charge < -0.3 is 29.1 Å². The second-order valence-electron chi connectivity index (χ2n) is 15.4. The van der Waals surface area contributed by atoms with E-state index in [0.717, 1.165) is 21.8 Å². The van der Waals surface area contributed by atoms with Crippen LogP contribution in [0.5, 0.6) is 5.75 Å². The van der Waals surface area contributed by atoms with Crippen LogP contribution >= 0.6 is 34.9 Å². The quantitative estimate of drug-likeness (QED) is 0.0484. The van der Waals surface area contributed by atoms with Gasteiger partial charge in [0.1, 0.15) is 46.4 Å². The molecular formula is C39H46N6O10S3. The zero-order chi connectivity index (χ0) is 42.4. The Balaban J connectivity index is 1.38. The number of benzene rings is 1. The monoisotopic (exact) mass is 854 g/mol. The topological polar surface area (TPSA) is 197 Å². The number of carbonyl (C=O) groups excluding carboxylic acids is 5. The molecule has 5 rings (SSSR count). The molecule has 16 nitrogen and oxygen atoms in total. The lowest BCUT2D eigenvalue weighted by Gasteiger charge is -2.49. The molecule has 2 aliphatic rings. The lowest BCUT2D eigenvalue weighted by Crippen LogP contribution is -2.71. The van der Waals surface area contributed by atoms with Gasteiger partial charge in [-0.2, -0.15) is 0 Å². The number of hydrogen-bond acceptors (Lipinski definition) is 16. The SMILES string of the molecule is COc1ccc(COC(=O)C2=C(CSc3ccncc3)CS[C@@H]3[C@H](NC(=O)C(=NOC(C)(C)C(=O)OC(C)(C)C)c4csc(NC(=O)OC(C)(C)C)n4)C(=O)N23)cc1. The maximum absolute atomic E-state index is 14.1. The smallest absolute Gasteiger partial charge is 0.413 e. The first kappa shape index (κ1) is 44.0. The van der Waals surface area contributed by atoms with Gasteiger partial charge in [-0.25, -0.2) is 19.4 Å². The van der Waals surface area contributed by atoms with E-state index in [0.29, 0.717) is 22.8 Å². The molecule has 2 N–H and O–H groups in total. The Bertz CT molecular complexity index is 2070. The van der Waals surface area contributed by atoms with Crippen molar-refractivity contribution >= 4 is 75.6 Å². The summed E-state index contributed by atoms with van der Waals surface area (Å²) in [5, 5.41) is 10.2. The van der Waals surface area contributed by atoms with Gasteiger partial charge in [-0.05, 0) is 90.8 Å². The highest BCUT2D eigenvalue weighted by Crippen LogP contribution is 2.42. The van der Waals surface area contributed by atoms with Crippen LogP contribution in [0.4, 0.5) is 9.93 Å². The molecule has 310 valence electrons. The number of carbonyl (C=O) groups is 5. The van der Waals surface area contributed by atoms with E-state index in [4.69, 9.17) is 23.8 Å². The highest BCUT2D eigenvalue weighted by molar-refractivity contribution is 8.01. The second kappa shape index (κ2) is 18.2. The van der Waals surface area contributed by atoms with Gasteiger partial charge >= 0.3 is 18.0 Å². The van der Waals surface area contributed by atoms with Crippen molar-refractivity contribution in [3.05, 3.63) is 76.7 Å². The fourth-order valence-corrected chi connectivity index (χ4v) is 8.22. The van der Waals surface area contributed by atoms with E-state index in [-0.39, 0.29) is 28.8 Å². The number of amides is 3. The van der Waals surface area contributed by atoms with Crippen molar-refractivity contribution in [1.82, 2.24) is 20.2 Å². The predicted octanol–water partition coefficient (Wildman–Crippen LogP) is 5.92. The maximum Gasteiger partial charge on any atom is 0.413 e. The Morgan fingerprint density at radius 2 is 1.64 bits per heavy atom. The van der Waals surface area contributed by atoms with Gasteiger partial charge in [0.05, 0.1) is 7.11 Å². The Morgan fingerprint density at radius 3 is 2.28 bits per heavy atom. The number of thioether (sulfide) groups is 2. The number of β-lactam (4-membered cyclic amide) rings is 1. The van der Waals surface area contributed by atoms with Crippen LogP contribution < -0.4 is 15.4 Å². The van der Waals surface area contributed by atoms with Crippen LogP contribution in [0.3, 0.4) is 0 Å². The van der Waals surface area contributed by atoms with Crippen LogP contribution in [0.1, 0.15) is 66.6 Å². The normalized spacial score (nSPS) is 17.1. The van der Waals surface area contributed by atoms with Crippen molar-refractivity contribution in [3.8, 4) is 5.75 Å². The number of ether oxygens (including phenoxy) is 4. The molecule has 1 fully saturated rings. The molecule has 0 spiro atoms. The van der Waals surface area contributed by atoms with E-state index in [2.05, 4.69) is 25.8 Å². The molecule has 0 unspecified atom stereocenters. The number of thiazole rings is 1. The highest BCUT2D eigenvalue weighted by atomic mass is 32.2. The fourth-order valence-electron chi connectivity index (χ4n) is 5.17. The molecule has 1 saturated heterocycles. The van der Waals surface area contributed by atoms with Crippen molar-refractivity contribution in [2.75, 3.05) is 23.9 Å². The minimum Gasteiger partial charge on any atom is -0.497 e. The standard InChI is InChI=1S/C39H46N6O10S3/c1-37(2,3)53-34(49)39(7,8)55-44-27(26-21-58-35(41-26)43-36(50)54-38(4,5)6)30(46)42-28-31(47)45-29(33(48)52-18-22-10-12-24(51-9)13-11-22)23(20-57-32(28)45)19-56-25-14-16-40-17-15-25/h10-17,21,28,32H,18-20H2,1-9H3,(H,42,46)(H,41,43,50)/t28-,32-/m1/s1. The van der Waals surface area contributed by atoms with Crippen molar-refractivity contribution in [2.45, 2.75) is 95.1 Å². The van der Waals surface area contributed by atoms with E-state index in [1.165, 1.54) is 47.7 Å². The number of nitrogens with zero attached hydrogens (tertiary/aromatic N) is 4. The summed E-state index contributed by atoms with van der Waals surface area (Å²) in [5.41, 5.74) is -2.14. The number of methoxy groups -OCH3 is 1. The van der Waals surface area contributed by atoms with E-state index in [1.807, 2.05) is 12.1 Å². The summed E-state index contributed by atoms with van der Waals surface area (Å²) >= 11 is 3.85. The van der Waals surface area contributed by atoms with Gasteiger partial charge in [0.15, 0.2) is 10.8 Å². The summed E-state index contributed by atoms with van der Waals surface area (Å²) < 4.78 is 21.7. The molecular weight excluding hydrogens is 809 g/mol. The molecule has 0 aliphatic carbocycles. The third-order valence-corrected chi connectivity index (χ3v) is 11.1. The zero-order valence-corrected chi connectivity index (χ0v) is 36.0. The van der Waals surface area contributed by atoms with Crippen LogP contribution in [0.2, 0.25) is 0 Å². The van der Waals surface area contributed by atoms with E-state index in [9.17, 15) is 24.0 Å². The summed E-state index contributed by atoms with van der Waals surface area (Å²) in [6, 6.07) is 9.67. The molecule has 4 heterocycles. The number of pyridine rings is 1. The second-order valence-corrected chi connectivity index (χ2v) is 18.4. The predicted molar refractivity (Wildman–Crippen MR) is 219 cm³/mol. The molecule has 58 heavy (non-hydrogen) atoms. The van der Waals surface area contributed by atoms with Crippen LogP contribution in [-0.4, -0.2) is 97.3 Å². The third kappa shape index (κ3) is 11.5. The maximum atomic E-state index is 14.1. The van der Waals surface area contributed by atoms with Crippen molar-refractivity contribution in [3.63, 3.8) is 0 Å². The number of anilines is 1. The Labute approximate surface area is 348 Å². The van der Waals surface area contributed by atoms with Crippen LogP contribution in [0.25, 0.3) is 0 Å². The lowest BCUT2D eigenvalue weighted by atomic mass is 10.0. The number of nitrogens with one attached hydrogen (secondary N) is 2. The average molecular weight is 855 g/mol. The number of esters is 2. The molecule has 3 amide bonds. The van der Waals surface area contributed by atoms with Crippen molar-refractivity contribution in [1.29, 1.82) is 0 Å². The Morgan fingerprint density at radius 1 is 0.966 bits per heavy atom. The highest BCUT2D eigenvalue weighted by Gasteiger charge is 2.55. The van der Waals surface area contributed by atoms with Crippen molar-refractivity contribution < 1.29 is 47.8 Å². The minimum atomic E-state index is -1.65. The van der Waals surface area contributed by atoms with Gasteiger partial charge in [-0.3, -0.25) is 24.8 Å². The minimum absolute atomic E-state index is 0.0217. The average Bonchev–Trinajstić information content (AvgIpc) is 3.61. The Hall–Kier alpha value is -5.14.